The number of piperidine rings is 1. The van der Waals surface area contributed by atoms with Gasteiger partial charge < -0.3 is 20.8 Å². The topological polar surface area (TPSA) is 95.9 Å². The van der Waals surface area contributed by atoms with Crippen LogP contribution in [0.5, 0.6) is 0 Å². The van der Waals surface area contributed by atoms with Gasteiger partial charge in [0.15, 0.2) is 11.7 Å². The first kappa shape index (κ1) is 24.2. The number of halogens is 1. The molecule has 0 aliphatic carbocycles. The summed E-state index contributed by atoms with van der Waals surface area (Å²) >= 11 is 0. The molecular weight excluding hydrogens is 493 g/mol. The Morgan fingerprint density at radius 2 is 1.97 bits per heavy atom. The van der Waals surface area contributed by atoms with Crippen LogP contribution in [0, 0.1) is 6.92 Å². The third kappa shape index (κ3) is 7.02. The molecule has 0 atom stereocenters. The molecule has 1 aromatic heterocycles. The van der Waals surface area contributed by atoms with Crippen LogP contribution in [0.4, 0.5) is 0 Å². The lowest BCUT2D eigenvalue weighted by molar-refractivity contribution is 0.0972. The van der Waals surface area contributed by atoms with Crippen molar-refractivity contribution < 1.29 is 9.21 Å². The van der Waals surface area contributed by atoms with Crippen molar-refractivity contribution in [3.63, 3.8) is 0 Å². The minimum atomic E-state index is -0.567. The number of carbonyl (C=O) groups is 1. The quantitative estimate of drug-likeness (QED) is 0.294. The molecule has 2 aromatic rings. The summed E-state index contributed by atoms with van der Waals surface area (Å²) in [6, 6.07) is 12.3. The van der Waals surface area contributed by atoms with Gasteiger partial charge in [0.1, 0.15) is 12.3 Å². The molecule has 7 nitrogen and oxygen atoms in total. The predicted molar refractivity (Wildman–Crippen MR) is 130 cm³/mol. The largest absolute Gasteiger partial charge is 0.454 e. The molecule has 2 heterocycles. The van der Waals surface area contributed by atoms with Crippen molar-refractivity contribution in [3.8, 4) is 0 Å². The Bertz CT molecular complexity index is 844. The van der Waals surface area contributed by atoms with E-state index in [9.17, 15) is 4.79 Å². The van der Waals surface area contributed by atoms with Gasteiger partial charge in [-0.2, -0.15) is 0 Å². The van der Waals surface area contributed by atoms with Gasteiger partial charge >= 0.3 is 0 Å². The molecule has 0 saturated carbocycles. The van der Waals surface area contributed by atoms with Gasteiger partial charge in [-0.15, -0.1) is 24.0 Å². The molecule has 1 saturated heterocycles. The summed E-state index contributed by atoms with van der Waals surface area (Å²) < 4.78 is 5.40. The van der Waals surface area contributed by atoms with Crippen molar-refractivity contribution in [2.75, 3.05) is 19.6 Å². The molecule has 3 rings (SSSR count). The molecule has 0 bridgehead atoms. The summed E-state index contributed by atoms with van der Waals surface area (Å²) in [7, 11) is 0. The van der Waals surface area contributed by atoms with Crippen LogP contribution in [0.1, 0.15) is 47.2 Å². The van der Waals surface area contributed by atoms with Gasteiger partial charge in [0.05, 0.1) is 0 Å². The normalized spacial score (nSPS) is 15.5. The van der Waals surface area contributed by atoms with Gasteiger partial charge in [-0.05, 0) is 49.9 Å². The zero-order valence-corrected chi connectivity index (χ0v) is 20.0. The van der Waals surface area contributed by atoms with E-state index in [1.54, 1.807) is 12.1 Å². The summed E-state index contributed by atoms with van der Waals surface area (Å²) in [5, 5.41) is 6.81. The lowest BCUT2D eigenvalue weighted by atomic mass is 10.0. The van der Waals surface area contributed by atoms with Crippen molar-refractivity contribution in [1.29, 1.82) is 0 Å². The number of carbonyl (C=O) groups excluding carboxylic acids is 1. The lowest BCUT2D eigenvalue weighted by Crippen LogP contribution is -2.48. The average Bonchev–Trinajstić information content (AvgIpc) is 3.19. The minimum Gasteiger partial charge on any atom is -0.454 e. The van der Waals surface area contributed by atoms with Gasteiger partial charge in [0.25, 0.3) is 5.91 Å². The van der Waals surface area contributed by atoms with Crippen molar-refractivity contribution >= 4 is 35.8 Å². The molecule has 30 heavy (non-hydrogen) atoms. The van der Waals surface area contributed by atoms with E-state index in [2.05, 4.69) is 51.7 Å². The first-order valence-electron chi connectivity index (χ1n) is 10.3. The van der Waals surface area contributed by atoms with E-state index in [4.69, 9.17) is 10.2 Å². The predicted octanol–water partition coefficient (Wildman–Crippen LogP) is 3.02. The molecule has 8 heteroatoms. The number of furan rings is 1. The van der Waals surface area contributed by atoms with Crippen molar-refractivity contribution in [2.24, 2.45) is 10.7 Å². The maximum Gasteiger partial charge on any atom is 0.284 e. The summed E-state index contributed by atoms with van der Waals surface area (Å²) in [4.78, 5) is 18.2. The van der Waals surface area contributed by atoms with E-state index in [0.717, 1.165) is 45.0 Å². The third-order valence-corrected chi connectivity index (χ3v) is 5.23. The third-order valence-electron chi connectivity index (χ3n) is 5.23. The number of hydrogen-bond acceptors (Lipinski definition) is 4. The zero-order valence-electron chi connectivity index (χ0n) is 17.7. The van der Waals surface area contributed by atoms with E-state index >= 15 is 0 Å². The Hall–Kier alpha value is -2.07. The van der Waals surface area contributed by atoms with Gasteiger partial charge in [-0.3, -0.25) is 9.69 Å². The second kappa shape index (κ2) is 11.9. The van der Waals surface area contributed by atoms with Crippen LogP contribution >= 0.6 is 24.0 Å². The van der Waals surface area contributed by atoms with E-state index in [0.29, 0.717) is 18.3 Å². The molecular formula is C22H32IN5O2. The maximum atomic E-state index is 11.1. The number of likely N-dealkylation sites (tertiary alicyclic amines) is 1. The number of nitrogens with zero attached hydrogens (tertiary/aromatic N) is 2. The highest BCUT2D eigenvalue weighted by molar-refractivity contribution is 14.0. The molecule has 4 N–H and O–H groups in total. The molecule has 1 aliphatic heterocycles. The molecule has 1 aliphatic rings. The van der Waals surface area contributed by atoms with E-state index in [1.807, 2.05) is 6.92 Å². The number of aryl methyl sites for hydroxylation is 1. The summed E-state index contributed by atoms with van der Waals surface area (Å²) in [5.41, 5.74) is 7.98. The van der Waals surface area contributed by atoms with Gasteiger partial charge in [0, 0.05) is 32.2 Å². The number of nitrogens with two attached hydrogens (primary N) is 1. The fraction of sp³-hybridized carbons (Fsp3) is 0.455. The number of rotatable bonds is 7. The van der Waals surface area contributed by atoms with Crippen LogP contribution in [0.2, 0.25) is 0 Å². The first-order valence-corrected chi connectivity index (χ1v) is 10.3. The van der Waals surface area contributed by atoms with Crippen LogP contribution in [-0.4, -0.2) is 42.4 Å². The first-order chi connectivity index (χ1) is 14.0. The summed E-state index contributed by atoms with van der Waals surface area (Å²) in [6.07, 6.45) is 2.14. The smallest absolute Gasteiger partial charge is 0.284 e. The molecule has 1 amide bonds. The fourth-order valence-electron chi connectivity index (χ4n) is 3.53. The average molecular weight is 525 g/mol. The molecule has 164 valence electrons. The molecule has 0 radical (unpaired) electrons. The molecule has 0 spiro atoms. The van der Waals surface area contributed by atoms with Crippen molar-refractivity contribution in [1.82, 2.24) is 15.5 Å². The van der Waals surface area contributed by atoms with E-state index < -0.39 is 5.91 Å². The Kier molecular flexibility index (Phi) is 9.64. The Labute approximate surface area is 195 Å². The summed E-state index contributed by atoms with van der Waals surface area (Å²) in [6.45, 7) is 8.48. The monoisotopic (exact) mass is 525 g/mol. The Morgan fingerprint density at radius 1 is 1.23 bits per heavy atom. The number of hydrogen-bond donors (Lipinski definition) is 3. The van der Waals surface area contributed by atoms with Crippen LogP contribution < -0.4 is 16.4 Å². The van der Waals surface area contributed by atoms with Gasteiger partial charge in [-0.1, -0.05) is 24.3 Å². The fourth-order valence-corrected chi connectivity index (χ4v) is 3.53. The van der Waals surface area contributed by atoms with Crippen LogP contribution in [-0.2, 0) is 13.1 Å². The standard InChI is InChI=1S/C22H31N5O2.HI/c1-3-24-22(25-14-19-8-9-20(29-19)21(23)28)26-18-10-12-27(13-11-18)15-17-7-5-4-6-16(17)2;/h4-9,18H,3,10-15H2,1-2H3,(H2,23,28)(H2,24,25,26);1H. The van der Waals surface area contributed by atoms with E-state index in [1.165, 1.54) is 11.1 Å². The molecule has 0 unspecified atom stereocenters. The highest BCUT2D eigenvalue weighted by atomic mass is 127. The number of nitrogens with one attached hydrogen (secondary N) is 2. The van der Waals surface area contributed by atoms with Gasteiger partial charge in [-0.25, -0.2) is 4.99 Å². The van der Waals surface area contributed by atoms with Crippen molar-refractivity contribution in [2.45, 2.75) is 45.8 Å². The number of amides is 1. The second-order valence-corrected chi connectivity index (χ2v) is 7.45. The second-order valence-electron chi connectivity index (χ2n) is 7.45. The number of aliphatic imine (C=N–C) groups is 1. The highest BCUT2D eigenvalue weighted by Gasteiger charge is 2.20. The maximum absolute atomic E-state index is 11.1. The zero-order chi connectivity index (χ0) is 20.6. The van der Waals surface area contributed by atoms with Crippen LogP contribution in [0.15, 0.2) is 45.8 Å². The number of guanidine groups is 1. The lowest BCUT2D eigenvalue weighted by Gasteiger charge is -2.33. The Morgan fingerprint density at radius 3 is 2.60 bits per heavy atom. The molecule has 1 aromatic carbocycles. The number of primary amides is 1. The van der Waals surface area contributed by atoms with Crippen molar-refractivity contribution in [3.05, 3.63) is 59.0 Å². The number of benzene rings is 1. The van der Waals surface area contributed by atoms with E-state index in [-0.39, 0.29) is 29.7 Å². The minimum absolute atomic E-state index is 0. The van der Waals surface area contributed by atoms with Crippen LogP contribution in [0.3, 0.4) is 0 Å². The van der Waals surface area contributed by atoms with Gasteiger partial charge in [0.2, 0.25) is 0 Å². The Balaban J connectivity index is 0.00000320. The molecule has 1 fully saturated rings. The van der Waals surface area contributed by atoms with Crippen LogP contribution in [0.25, 0.3) is 0 Å². The SMILES string of the molecule is CCNC(=NCc1ccc(C(N)=O)o1)NC1CCN(Cc2ccccc2C)CC1.I. The highest BCUT2D eigenvalue weighted by Crippen LogP contribution is 2.16. The summed E-state index contributed by atoms with van der Waals surface area (Å²) in [5.74, 6) is 0.975.